The van der Waals surface area contributed by atoms with E-state index in [4.69, 9.17) is 4.74 Å². The van der Waals surface area contributed by atoms with E-state index in [9.17, 15) is 4.79 Å². The van der Waals surface area contributed by atoms with Crippen LogP contribution in [0.2, 0.25) is 0 Å². The number of carbonyl (C=O) groups is 1. The highest BCUT2D eigenvalue weighted by atomic mass is 16.5. The molecule has 1 N–H and O–H groups in total. The lowest BCUT2D eigenvalue weighted by Crippen LogP contribution is -2.60. The van der Waals surface area contributed by atoms with E-state index >= 15 is 0 Å². The molecule has 4 aliphatic rings. The van der Waals surface area contributed by atoms with Gasteiger partial charge in [-0.15, -0.1) is 0 Å². The maximum atomic E-state index is 13.9. The maximum Gasteiger partial charge on any atom is 0.245 e. The van der Waals surface area contributed by atoms with Crippen LogP contribution in [0.15, 0.2) is 36.4 Å². The second-order valence-corrected chi connectivity index (χ2v) is 10.0. The van der Waals surface area contributed by atoms with Crippen molar-refractivity contribution >= 4 is 11.6 Å². The molecule has 3 saturated heterocycles. The number of hydrogen-bond donors (Lipinski definition) is 1. The van der Waals surface area contributed by atoms with Gasteiger partial charge in [-0.1, -0.05) is 24.3 Å². The molecule has 0 aliphatic carbocycles. The van der Waals surface area contributed by atoms with Gasteiger partial charge in [0, 0.05) is 31.4 Å². The average molecular weight is 418 g/mol. The van der Waals surface area contributed by atoms with Crippen LogP contribution >= 0.6 is 0 Å². The van der Waals surface area contributed by atoms with Gasteiger partial charge >= 0.3 is 0 Å². The zero-order valence-electron chi connectivity index (χ0n) is 18.7. The molecule has 31 heavy (non-hydrogen) atoms. The Kier molecular flexibility index (Phi) is 4.09. The van der Waals surface area contributed by atoms with Crippen molar-refractivity contribution in [2.45, 2.75) is 56.7 Å². The van der Waals surface area contributed by atoms with Crippen molar-refractivity contribution < 1.29 is 9.53 Å². The molecule has 2 aromatic rings. The number of amides is 1. The number of nitrogens with zero attached hydrogens (tertiary/aromatic N) is 2. The minimum absolute atomic E-state index is 0.0606. The van der Waals surface area contributed by atoms with E-state index in [0.717, 1.165) is 67.9 Å². The van der Waals surface area contributed by atoms with E-state index in [1.165, 1.54) is 11.1 Å². The van der Waals surface area contributed by atoms with Crippen LogP contribution in [0.1, 0.15) is 41.5 Å². The number of anilines is 1. The van der Waals surface area contributed by atoms with Gasteiger partial charge in [0.1, 0.15) is 11.3 Å². The van der Waals surface area contributed by atoms with Crippen molar-refractivity contribution in [3.8, 4) is 5.75 Å². The molecule has 3 fully saturated rings. The molecule has 0 saturated carbocycles. The Hall–Kier alpha value is -2.37. The molecule has 5 nitrogen and oxygen atoms in total. The normalized spacial score (nSPS) is 31.3. The number of ether oxygens (including phenoxy) is 1. The molecule has 5 heteroatoms. The Morgan fingerprint density at radius 1 is 1.19 bits per heavy atom. The Bertz CT molecular complexity index is 1060. The fourth-order valence-electron chi connectivity index (χ4n) is 7.01. The number of carbonyl (C=O) groups excluding carboxylic acids is 1. The molecule has 1 amide bonds. The zero-order chi connectivity index (χ0) is 21.4. The first-order chi connectivity index (χ1) is 15.0. The summed E-state index contributed by atoms with van der Waals surface area (Å²) in [4.78, 5) is 19.2. The summed E-state index contributed by atoms with van der Waals surface area (Å²) in [7, 11) is 1.74. The lowest BCUT2D eigenvalue weighted by molar-refractivity contribution is -0.125. The van der Waals surface area contributed by atoms with Gasteiger partial charge < -0.3 is 10.1 Å². The highest BCUT2D eigenvalue weighted by molar-refractivity contribution is 6.00. The van der Waals surface area contributed by atoms with Gasteiger partial charge in [-0.25, -0.2) is 0 Å². The molecule has 6 rings (SSSR count). The number of fused-ring (bicyclic) bond motifs is 1. The van der Waals surface area contributed by atoms with Crippen molar-refractivity contribution in [1.82, 2.24) is 9.80 Å². The molecule has 0 radical (unpaired) electrons. The number of hydrogen-bond acceptors (Lipinski definition) is 4. The van der Waals surface area contributed by atoms with E-state index in [2.05, 4.69) is 65.4 Å². The van der Waals surface area contributed by atoms with Gasteiger partial charge in [0.25, 0.3) is 0 Å². The Morgan fingerprint density at radius 3 is 2.77 bits per heavy atom. The molecular weight excluding hydrogens is 386 g/mol. The highest BCUT2D eigenvalue weighted by Crippen LogP contribution is 2.58. The molecule has 4 aliphatic heterocycles. The third kappa shape index (κ3) is 2.53. The van der Waals surface area contributed by atoms with Crippen LogP contribution in [0.5, 0.6) is 5.75 Å². The van der Waals surface area contributed by atoms with Crippen LogP contribution in [0.4, 0.5) is 5.69 Å². The topological polar surface area (TPSA) is 44.8 Å². The molecule has 1 spiro atoms. The first-order valence-electron chi connectivity index (χ1n) is 11.5. The highest BCUT2D eigenvalue weighted by Gasteiger charge is 2.67. The Morgan fingerprint density at radius 2 is 2.00 bits per heavy atom. The number of aryl methyl sites for hydroxylation is 2. The number of benzene rings is 2. The first kappa shape index (κ1) is 19.3. The van der Waals surface area contributed by atoms with Crippen molar-refractivity contribution in [2.24, 2.45) is 0 Å². The van der Waals surface area contributed by atoms with Crippen molar-refractivity contribution in [1.29, 1.82) is 0 Å². The van der Waals surface area contributed by atoms with Crippen LogP contribution in [0.3, 0.4) is 0 Å². The molecule has 3 atom stereocenters. The summed E-state index contributed by atoms with van der Waals surface area (Å²) in [6.07, 6.45) is 4.01. The smallest absolute Gasteiger partial charge is 0.245 e. The van der Waals surface area contributed by atoms with Gasteiger partial charge in [0.15, 0.2) is 0 Å². The summed E-state index contributed by atoms with van der Waals surface area (Å²) in [6, 6.07) is 13.3. The zero-order valence-corrected chi connectivity index (χ0v) is 18.7. The second-order valence-electron chi connectivity index (χ2n) is 10.0. The van der Waals surface area contributed by atoms with E-state index in [1.807, 2.05) is 0 Å². The number of nitrogens with one attached hydrogen (secondary N) is 1. The lowest BCUT2D eigenvalue weighted by atomic mass is 9.73. The van der Waals surface area contributed by atoms with Gasteiger partial charge in [0.05, 0.1) is 12.6 Å². The van der Waals surface area contributed by atoms with Gasteiger partial charge in [-0.3, -0.25) is 14.6 Å². The molecule has 2 aromatic carbocycles. The van der Waals surface area contributed by atoms with Crippen LogP contribution in [0, 0.1) is 13.8 Å². The minimum atomic E-state index is -0.414. The van der Waals surface area contributed by atoms with Crippen LogP contribution in [0.25, 0.3) is 0 Å². The summed E-state index contributed by atoms with van der Waals surface area (Å²) >= 11 is 0. The van der Waals surface area contributed by atoms with Gasteiger partial charge in [0.2, 0.25) is 5.91 Å². The maximum absolute atomic E-state index is 13.9. The predicted octanol–water partition coefficient (Wildman–Crippen LogP) is 3.62. The van der Waals surface area contributed by atoms with Crippen molar-refractivity contribution in [3.05, 3.63) is 58.7 Å². The quantitative estimate of drug-likeness (QED) is 0.829. The fraction of sp³-hybridized carbons (Fsp3) is 0.500. The number of para-hydroxylation sites is 1. The molecular formula is C26H31N3O2. The SMILES string of the molecule is COc1ccc2c(c1)CCN1CC3CCC4(C(=O)Nc5c(C)cccc5C)CC21CN34. The third-order valence-corrected chi connectivity index (χ3v) is 8.54. The summed E-state index contributed by atoms with van der Waals surface area (Å²) in [5.41, 5.74) is 5.57. The van der Waals surface area contributed by atoms with E-state index < -0.39 is 5.54 Å². The molecule has 4 heterocycles. The Balaban J connectivity index is 1.40. The average Bonchev–Trinajstić information content (AvgIpc) is 3.25. The van der Waals surface area contributed by atoms with Crippen molar-refractivity contribution in [3.63, 3.8) is 0 Å². The van der Waals surface area contributed by atoms with Gasteiger partial charge in [-0.05, 0) is 73.9 Å². The van der Waals surface area contributed by atoms with E-state index in [-0.39, 0.29) is 11.4 Å². The Labute approximate surface area is 184 Å². The summed E-state index contributed by atoms with van der Waals surface area (Å²) in [5.74, 6) is 1.12. The predicted molar refractivity (Wildman–Crippen MR) is 122 cm³/mol. The summed E-state index contributed by atoms with van der Waals surface area (Å²) in [5, 5.41) is 3.37. The third-order valence-electron chi connectivity index (χ3n) is 8.54. The molecule has 162 valence electrons. The molecule has 2 bridgehead atoms. The lowest BCUT2D eigenvalue weighted by Gasteiger charge is -2.51. The van der Waals surface area contributed by atoms with E-state index in [0.29, 0.717) is 6.04 Å². The van der Waals surface area contributed by atoms with E-state index in [1.54, 1.807) is 7.11 Å². The minimum Gasteiger partial charge on any atom is -0.497 e. The largest absolute Gasteiger partial charge is 0.497 e. The first-order valence-corrected chi connectivity index (χ1v) is 11.5. The summed E-state index contributed by atoms with van der Waals surface area (Å²) < 4.78 is 5.50. The summed E-state index contributed by atoms with van der Waals surface area (Å²) in [6.45, 7) is 7.26. The van der Waals surface area contributed by atoms with Gasteiger partial charge in [-0.2, -0.15) is 0 Å². The molecule has 0 aromatic heterocycles. The second kappa shape index (κ2) is 6.57. The van der Waals surface area contributed by atoms with Crippen LogP contribution in [-0.2, 0) is 16.8 Å². The number of methoxy groups -OCH3 is 1. The van der Waals surface area contributed by atoms with Crippen LogP contribution < -0.4 is 10.1 Å². The van der Waals surface area contributed by atoms with Crippen molar-refractivity contribution in [2.75, 3.05) is 32.1 Å². The monoisotopic (exact) mass is 417 g/mol. The van der Waals surface area contributed by atoms with Crippen LogP contribution in [-0.4, -0.2) is 54.0 Å². The molecule has 3 unspecified atom stereocenters. The standard InChI is InChI=1S/C26H31N3O2/c1-17-5-4-6-18(2)23(17)27-24(30)25-11-9-20-14-28-12-10-19-13-21(31-3)7-8-22(19)26(28,15-25)16-29(20)25/h4-8,13,20H,9-12,14-16H2,1-3H3,(H,27,30). The number of piperazine rings is 1. The fourth-order valence-corrected chi connectivity index (χ4v) is 7.01. The number of rotatable bonds is 3.